The van der Waals surface area contributed by atoms with Crippen molar-refractivity contribution in [2.75, 3.05) is 18.4 Å². The van der Waals surface area contributed by atoms with Gasteiger partial charge in [0.15, 0.2) is 18.0 Å². The number of amides is 1. The summed E-state index contributed by atoms with van der Waals surface area (Å²) in [6.07, 6.45) is 6.02. The highest BCUT2D eigenvalue weighted by Crippen LogP contribution is 2.30. The zero-order chi connectivity index (χ0) is 26.0. The van der Waals surface area contributed by atoms with E-state index < -0.39 is 5.60 Å². The molecule has 0 spiro atoms. The second kappa shape index (κ2) is 10.5. The lowest BCUT2D eigenvalue weighted by Crippen LogP contribution is -2.45. The molecule has 4 heterocycles. The molecule has 2 N–H and O–H groups in total. The van der Waals surface area contributed by atoms with Gasteiger partial charge in [0.1, 0.15) is 22.0 Å². The van der Waals surface area contributed by atoms with Gasteiger partial charge in [-0.2, -0.15) is 5.10 Å². The van der Waals surface area contributed by atoms with Crippen LogP contribution >= 0.6 is 15.9 Å². The fourth-order valence-electron chi connectivity index (χ4n) is 4.49. The quantitative estimate of drug-likeness (QED) is 0.319. The molecule has 0 radical (unpaired) electrons. The van der Waals surface area contributed by atoms with Crippen molar-refractivity contribution in [2.45, 2.75) is 51.8 Å². The molecule has 194 valence electrons. The zero-order valence-electron chi connectivity index (χ0n) is 21.1. The number of hydrogen-bond donors (Lipinski definition) is 2. The average molecular weight is 568 g/mol. The van der Waals surface area contributed by atoms with E-state index in [0.29, 0.717) is 11.6 Å². The number of rotatable bonds is 6. The highest BCUT2D eigenvalue weighted by molar-refractivity contribution is 9.10. The summed E-state index contributed by atoms with van der Waals surface area (Å²) >= 11 is 3.65. The summed E-state index contributed by atoms with van der Waals surface area (Å²) in [6, 6.07) is 10.1. The predicted octanol–water partition coefficient (Wildman–Crippen LogP) is 5.38. The highest BCUT2D eigenvalue weighted by Gasteiger charge is 2.25. The van der Waals surface area contributed by atoms with Crippen molar-refractivity contribution in [1.82, 2.24) is 29.8 Å². The number of anilines is 2. The Balaban J connectivity index is 1.29. The topological polar surface area (TPSA) is 110 Å². The van der Waals surface area contributed by atoms with Crippen LogP contribution in [0.5, 0.6) is 0 Å². The first-order valence-corrected chi connectivity index (χ1v) is 13.0. The molecule has 1 aliphatic heterocycles. The summed E-state index contributed by atoms with van der Waals surface area (Å²) in [5.41, 5.74) is 3.33. The minimum atomic E-state index is -0.500. The van der Waals surface area contributed by atoms with Gasteiger partial charge in [-0.25, -0.2) is 19.3 Å². The lowest BCUT2D eigenvalue weighted by atomic mass is 10.0. The molecule has 0 unspecified atom stereocenters. The van der Waals surface area contributed by atoms with Crippen molar-refractivity contribution in [3.63, 3.8) is 0 Å². The maximum Gasteiger partial charge on any atom is 0.407 e. The van der Waals surface area contributed by atoms with Crippen LogP contribution in [0.1, 0.15) is 39.2 Å². The average Bonchev–Trinajstić information content (AvgIpc) is 3.49. The second-order valence-corrected chi connectivity index (χ2v) is 10.9. The summed E-state index contributed by atoms with van der Waals surface area (Å²) in [5, 5.41) is 10.9. The first-order chi connectivity index (χ1) is 17.7. The van der Waals surface area contributed by atoms with E-state index in [1.54, 1.807) is 6.20 Å². The lowest BCUT2D eigenvalue weighted by molar-refractivity contribution is 0.0477. The van der Waals surface area contributed by atoms with Crippen molar-refractivity contribution in [2.24, 2.45) is 0 Å². The van der Waals surface area contributed by atoms with Crippen LogP contribution in [0.4, 0.5) is 16.3 Å². The zero-order valence-corrected chi connectivity index (χ0v) is 22.7. The van der Waals surface area contributed by atoms with Gasteiger partial charge < -0.3 is 19.8 Å². The van der Waals surface area contributed by atoms with E-state index in [1.165, 1.54) is 12.7 Å². The number of hydrogen-bond acceptors (Lipinski definition) is 8. The highest BCUT2D eigenvalue weighted by atomic mass is 79.9. The number of carbonyl (C=O) groups excluding carboxylic acids is 1. The predicted molar refractivity (Wildman–Crippen MR) is 144 cm³/mol. The third kappa shape index (κ3) is 6.11. The molecule has 1 amide bonds. The number of ether oxygens (including phenoxy) is 1. The third-order valence-corrected chi connectivity index (χ3v) is 6.70. The minimum absolute atomic E-state index is 0.112. The van der Waals surface area contributed by atoms with Crippen LogP contribution in [0.2, 0.25) is 0 Å². The van der Waals surface area contributed by atoms with Crippen LogP contribution in [0.15, 0.2) is 58.3 Å². The molecule has 4 aromatic rings. The molecule has 0 bridgehead atoms. The summed E-state index contributed by atoms with van der Waals surface area (Å²) in [7, 11) is 0. The Labute approximate surface area is 223 Å². The molecule has 11 heteroatoms. The van der Waals surface area contributed by atoms with E-state index in [9.17, 15) is 4.79 Å². The van der Waals surface area contributed by atoms with Crippen LogP contribution in [0.3, 0.4) is 0 Å². The monoisotopic (exact) mass is 567 g/mol. The van der Waals surface area contributed by atoms with Gasteiger partial charge in [-0.1, -0.05) is 12.1 Å². The largest absolute Gasteiger partial charge is 0.444 e. The standard InChI is InChI=1S/C26H30BrN7O3/c1-26(2,3)37-25(35)32-19-7-9-33(10-8-19)14-18-12-22(27)34-23(18)24(29-15-30-34)31-20-6-4-5-17(11-20)21-13-28-16-36-21/h4-6,11-13,15-16,19H,7-10,14H2,1-3H3,(H,32,35)(H,29,30,31). The van der Waals surface area contributed by atoms with E-state index in [-0.39, 0.29) is 12.1 Å². The van der Waals surface area contributed by atoms with Gasteiger partial charge in [-0.05, 0) is 73.3 Å². The summed E-state index contributed by atoms with van der Waals surface area (Å²) in [6.45, 7) is 8.09. The van der Waals surface area contributed by atoms with Gasteiger partial charge in [0.2, 0.25) is 0 Å². The molecule has 37 heavy (non-hydrogen) atoms. The van der Waals surface area contributed by atoms with E-state index in [2.05, 4.69) is 52.6 Å². The van der Waals surface area contributed by atoms with Crippen molar-refractivity contribution >= 4 is 39.0 Å². The number of aromatic nitrogens is 4. The normalized spacial score (nSPS) is 15.1. The summed E-state index contributed by atoms with van der Waals surface area (Å²) in [4.78, 5) is 23.1. The molecule has 1 fully saturated rings. The molecule has 1 saturated heterocycles. The number of piperidine rings is 1. The Morgan fingerprint density at radius 1 is 1.24 bits per heavy atom. The second-order valence-electron chi connectivity index (χ2n) is 10.1. The van der Waals surface area contributed by atoms with Gasteiger partial charge in [0, 0.05) is 36.9 Å². The van der Waals surface area contributed by atoms with Crippen LogP contribution in [-0.4, -0.2) is 55.3 Å². The number of oxazole rings is 1. The van der Waals surface area contributed by atoms with Gasteiger partial charge >= 0.3 is 6.09 Å². The summed E-state index contributed by atoms with van der Waals surface area (Å²) < 4.78 is 13.6. The number of carbonyl (C=O) groups is 1. The number of benzene rings is 1. The van der Waals surface area contributed by atoms with Gasteiger partial charge in [-0.15, -0.1) is 0 Å². The molecular weight excluding hydrogens is 538 g/mol. The van der Waals surface area contributed by atoms with Crippen molar-refractivity contribution < 1.29 is 13.9 Å². The molecule has 3 aromatic heterocycles. The van der Waals surface area contributed by atoms with Crippen molar-refractivity contribution in [3.8, 4) is 11.3 Å². The smallest absolute Gasteiger partial charge is 0.407 e. The van der Waals surface area contributed by atoms with Crippen molar-refractivity contribution in [1.29, 1.82) is 0 Å². The van der Waals surface area contributed by atoms with Gasteiger partial charge in [-0.3, -0.25) is 4.90 Å². The first-order valence-electron chi connectivity index (χ1n) is 12.2. The van der Waals surface area contributed by atoms with Crippen LogP contribution in [0, 0.1) is 0 Å². The Hall–Kier alpha value is -3.44. The number of likely N-dealkylation sites (tertiary alicyclic amines) is 1. The number of nitrogens with one attached hydrogen (secondary N) is 2. The van der Waals surface area contributed by atoms with Crippen LogP contribution in [0.25, 0.3) is 16.8 Å². The molecule has 0 aliphatic carbocycles. The third-order valence-electron chi connectivity index (χ3n) is 6.13. The number of fused-ring (bicyclic) bond motifs is 1. The lowest BCUT2D eigenvalue weighted by Gasteiger charge is -2.32. The molecule has 0 saturated carbocycles. The first kappa shape index (κ1) is 25.2. The van der Waals surface area contributed by atoms with Crippen molar-refractivity contribution in [3.05, 3.63) is 59.4 Å². The van der Waals surface area contributed by atoms with Gasteiger partial charge in [0.25, 0.3) is 0 Å². The molecule has 5 rings (SSSR count). The molecule has 0 atom stereocenters. The Kier molecular flexibility index (Phi) is 7.16. The van der Waals surface area contributed by atoms with E-state index in [0.717, 1.165) is 59.4 Å². The van der Waals surface area contributed by atoms with Crippen LogP contribution < -0.4 is 10.6 Å². The fraction of sp³-hybridized carbons (Fsp3) is 0.385. The minimum Gasteiger partial charge on any atom is -0.444 e. The van der Waals surface area contributed by atoms with Crippen LogP contribution in [-0.2, 0) is 11.3 Å². The number of nitrogens with zero attached hydrogens (tertiary/aromatic N) is 5. The van der Waals surface area contributed by atoms with Gasteiger partial charge in [0.05, 0.1) is 6.20 Å². The Morgan fingerprint density at radius 2 is 2.05 bits per heavy atom. The number of halogens is 1. The molecule has 1 aromatic carbocycles. The molecule has 1 aliphatic rings. The maximum absolute atomic E-state index is 12.1. The summed E-state index contributed by atoms with van der Waals surface area (Å²) in [5.74, 6) is 1.42. The van der Waals surface area contributed by atoms with E-state index >= 15 is 0 Å². The van der Waals surface area contributed by atoms with E-state index in [1.807, 2.05) is 49.6 Å². The maximum atomic E-state index is 12.1. The fourth-order valence-corrected chi connectivity index (χ4v) is 5.03. The van der Waals surface area contributed by atoms with E-state index in [4.69, 9.17) is 9.15 Å². The number of alkyl carbamates (subject to hydrolysis) is 1. The molecule has 10 nitrogen and oxygen atoms in total. The Bertz CT molecular complexity index is 1370. The Morgan fingerprint density at radius 3 is 2.78 bits per heavy atom. The molecular formula is C26H30BrN7O3. The SMILES string of the molecule is CC(C)(C)OC(=O)NC1CCN(Cc2cc(Br)n3ncnc(Nc4cccc(-c5cnco5)c4)c23)CC1.